The van der Waals surface area contributed by atoms with E-state index in [1.54, 1.807) is 0 Å². The molecule has 0 aromatic carbocycles. The summed E-state index contributed by atoms with van der Waals surface area (Å²) in [5.41, 5.74) is 0. The first-order chi connectivity index (χ1) is 30.5. The molecule has 6 heteroatoms. The van der Waals surface area contributed by atoms with Crippen molar-refractivity contribution < 1.29 is 28.6 Å². The van der Waals surface area contributed by atoms with E-state index in [1.807, 2.05) is 0 Å². The van der Waals surface area contributed by atoms with Crippen LogP contribution in [0.5, 0.6) is 0 Å². The second-order valence-electron chi connectivity index (χ2n) is 17.8. The van der Waals surface area contributed by atoms with Gasteiger partial charge in [-0.05, 0) is 70.6 Å². The van der Waals surface area contributed by atoms with Crippen LogP contribution in [0.4, 0.5) is 0 Å². The molecule has 0 bridgehead atoms. The summed E-state index contributed by atoms with van der Waals surface area (Å²) >= 11 is 0. The lowest BCUT2D eigenvalue weighted by Crippen LogP contribution is -2.30. The Morgan fingerprint density at radius 1 is 0.339 bits per heavy atom. The van der Waals surface area contributed by atoms with Crippen molar-refractivity contribution in [1.29, 1.82) is 0 Å². The van der Waals surface area contributed by atoms with Crippen molar-refractivity contribution in [2.24, 2.45) is 0 Å². The molecule has 0 saturated heterocycles. The van der Waals surface area contributed by atoms with E-state index in [4.69, 9.17) is 14.2 Å². The molecule has 0 aliphatic heterocycles. The molecule has 360 valence electrons. The molecule has 0 rings (SSSR count). The fourth-order valence-corrected chi connectivity index (χ4v) is 7.56. The van der Waals surface area contributed by atoms with Crippen LogP contribution in [0.2, 0.25) is 0 Å². The largest absolute Gasteiger partial charge is 0.462 e. The molecule has 0 heterocycles. The third-order valence-electron chi connectivity index (χ3n) is 11.6. The summed E-state index contributed by atoms with van der Waals surface area (Å²) in [6.45, 7) is 6.47. The van der Waals surface area contributed by atoms with Crippen molar-refractivity contribution >= 4 is 17.9 Å². The molecule has 0 aromatic rings. The second-order valence-corrected chi connectivity index (χ2v) is 17.8. The van der Waals surface area contributed by atoms with E-state index in [0.717, 1.165) is 89.9 Å². The Morgan fingerprint density at radius 2 is 0.645 bits per heavy atom. The van der Waals surface area contributed by atoms with Gasteiger partial charge in [0.05, 0.1) is 0 Å². The maximum Gasteiger partial charge on any atom is 0.306 e. The molecule has 1 atom stereocenters. The zero-order chi connectivity index (χ0) is 45.1. The van der Waals surface area contributed by atoms with Crippen LogP contribution in [0.1, 0.15) is 271 Å². The van der Waals surface area contributed by atoms with Crippen LogP contribution >= 0.6 is 0 Å². The van der Waals surface area contributed by atoms with Gasteiger partial charge in [0, 0.05) is 19.3 Å². The Morgan fingerprint density at radius 3 is 1.06 bits per heavy atom. The fourth-order valence-electron chi connectivity index (χ4n) is 7.56. The third-order valence-corrected chi connectivity index (χ3v) is 11.6. The number of hydrogen-bond donors (Lipinski definition) is 0. The van der Waals surface area contributed by atoms with Crippen molar-refractivity contribution in [3.63, 3.8) is 0 Å². The standard InChI is InChI=1S/C56H100O6/c1-4-7-10-13-16-19-22-24-25-26-27-28-29-30-32-34-37-40-43-46-49-55(58)61-52-53(51-60-54(57)48-45-42-39-36-33-21-18-15-12-9-6-3)62-56(59)50-47-44-41-38-35-31-23-20-17-14-11-8-5-2/h8,11,15,17-18,20,31,35,53H,4-7,9-10,12-14,16,19,21-30,32-34,36-52H2,1-3H3/b11-8-,18-15-,20-17-,35-31-. The van der Waals surface area contributed by atoms with E-state index in [1.165, 1.54) is 141 Å². The number of allylic oxidation sites excluding steroid dienone is 8. The Hall–Kier alpha value is -2.63. The van der Waals surface area contributed by atoms with Crippen LogP contribution < -0.4 is 0 Å². The molecular weight excluding hydrogens is 769 g/mol. The molecule has 0 radical (unpaired) electrons. The second kappa shape index (κ2) is 51.0. The van der Waals surface area contributed by atoms with E-state index >= 15 is 0 Å². The normalized spacial score (nSPS) is 12.4. The molecular formula is C56H100O6. The summed E-state index contributed by atoms with van der Waals surface area (Å²) in [5, 5.41) is 0. The first-order valence-electron chi connectivity index (χ1n) is 26.6. The van der Waals surface area contributed by atoms with Crippen LogP contribution in [-0.2, 0) is 28.6 Å². The molecule has 0 aliphatic carbocycles. The molecule has 0 saturated carbocycles. The number of ether oxygens (including phenoxy) is 3. The molecule has 1 unspecified atom stereocenters. The van der Waals surface area contributed by atoms with Crippen molar-refractivity contribution in [3.05, 3.63) is 48.6 Å². The third kappa shape index (κ3) is 48.4. The Balaban J connectivity index is 4.30. The van der Waals surface area contributed by atoms with Crippen LogP contribution in [-0.4, -0.2) is 37.2 Å². The van der Waals surface area contributed by atoms with Crippen LogP contribution in [0.3, 0.4) is 0 Å². The van der Waals surface area contributed by atoms with Gasteiger partial charge in [-0.1, -0.05) is 230 Å². The quantitative estimate of drug-likeness (QED) is 0.0262. The lowest BCUT2D eigenvalue weighted by atomic mass is 10.0. The van der Waals surface area contributed by atoms with Gasteiger partial charge in [-0.25, -0.2) is 0 Å². The van der Waals surface area contributed by atoms with Crippen molar-refractivity contribution in [2.75, 3.05) is 13.2 Å². The van der Waals surface area contributed by atoms with Crippen LogP contribution in [0.25, 0.3) is 0 Å². The fraction of sp³-hybridized carbons (Fsp3) is 0.804. The smallest absolute Gasteiger partial charge is 0.306 e. The molecule has 0 aliphatic rings. The van der Waals surface area contributed by atoms with Gasteiger partial charge < -0.3 is 14.2 Å². The van der Waals surface area contributed by atoms with Gasteiger partial charge in [-0.2, -0.15) is 0 Å². The Labute approximate surface area is 384 Å². The van der Waals surface area contributed by atoms with E-state index < -0.39 is 6.10 Å². The van der Waals surface area contributed by atoms with E-state index in [2.05, 4.69) is 69.4 Å². The highest BCUT2D eigenvalue weighted by Gasteiger charge is 2.19. The predicted octanol–water partition coefficient (Wildman–Crippen LogP) is 17.5. The van der Waals surface area contributed by atoms with Gasteiger partial charge in [-0.15, -0.1) is 0 Å². The maximum absolute atomic E-state index is 12.8. The Kier molecular flexibility index (Phi) is 48.8. The topological polar surface area (TPSA) is 78.9 Å². The Bertz CT molecular complexity index is 1090. The zero-order valence-electron chi connectivity index (χ0n) is 41.1. The molecule has 0 fully saturated rings. The zero-order valence-corrected chi connectivity index (χ0v) is 41.1. The van der Waals surface area contributed by atoms with Crippen LogP contribution in [0, 0.1) is 0 Å². The van der Waals surface area contributed by atoms with Crippen molar-refractivity contribution in [3.8, 4) is 0 Å². The molecule has 62 heavy (non-hydrogen) atoms. The summed E-state index contributed by atoms with van der Waals surface area (Å²) in [7, 11) is 0. The molecule has 0 spiro atoms. The van der Waals surface area contributed by atoms with Gasteiger partial charge in [0.25, 0.3) is 0 Å². The molecule has 0 amide bonds. The van der Waals surface area contributed by atoms with Gasteiger partial charge >= 0.3 is 17.9 Å². The monoisotopic (exact) mass is 869 g/mol. The first-order valence-corrected chi connectivity index (χ1v) is 26.6. The highest BCUT2D eigenvalue weighted by molar-refractivity contribution is 5.71. The predicted molar refractivity (Wildman–Crippen MR) is 265 cm³/mol. The first kappa shape index (κ1) is 59.4. The van der Waals surface area contributed by atoms with Crippen molar-refractivity contribution in [1.82, 2.24) is 0 Å². The molecule has 6 nitrogen and oxygen atoms in total. The van der Waals surface area contributed by atoms with E-state index in [9.17, 15) is 14.4 Å². The van der Waals surface area contributed by atoms with E-state index in [-0.39, 0.29) is 31.1 Å². The number of carbonyl (C=O) groups excluding carboxylic acids is 3. The number of unbranched alkanes of at least 4 members (excludes halogenated alkanes) is 29. The lowest BCUT2D eigenvalue weighted by molar-refractivity contribution is -0.167. The number of esters is 3. The molecule has 0 N–H and O–H groups in total. The van der Waals surface area contributed by atoms with E-state index in [0.29, 0.717) is 19.3 Å². The highest BCUT2D eigenvalue weighted by Crippen LogP contribution is 2.16. The minimum atomic E-state index is -0.788. The van der Waals surface area contributed by atoms with Gasteiger partial charge in [0.2, 0.25) is 0 Å². The van der Waals surface area contributed by atoms with Crippen molar-refractivity contribution in [2.45, 2.75) is 277 Å². The number of rotatable bonds is 48. The molecule has 0 aromatic heterocycles. The summed E-state index contributed by atoms with van der Waals surface area (Å²) in [4.78, 5) is 37.9. The van der Waals surface area contributed by atoms with Crippen LogP contribution in [0.15, 0.2) is 48.6 Å². The van der Waals surface area contributed by atoms with Gasteiger partial charge in [0.1, 0.15) is 13.2 Å². The lowest BCUT2D eigenvalue weighted by Gasteiger charge is -2.18. The number of hydrogen-bond acceptors (Lipinski definition) is 6. The van der Waals surface area contributed by atoms with Gasteiger partial charge in [0.15, 0.2) is 6.10 Å². The summed E-state index contributed by atoms with van der Waals surface area (Å²) < 4.78 is 16.8. The summed E-state index contributed by atoms with van der Waals surface area (Å²) in [6, 6.07) is 0. The summed E-state index contributed by atoms with van der Waals surface area (Å²) in [5.74, 6) is -0.917. The highest BCUT2D eigenvalue weighted by atomic mass is 16.6. The minimum Gasteiger partial charge on any atom is -0.462 e. The number of carbonyl (C=O) groups is 3. The SMILES string of the molecule is CC/C=C\C/C=C\C/C=C\CCCCCC(=O)OC(COC(=O)CCCCCCC/C=C\CCCC)COC(=O)CCCCCCCCCCCCCCCCCCCCCC. The minimum absolute atomic E-state index is 0.0852. The van der Waals surface area contributed by atoms with Gasteiger partial charge in [-0.3, -0.25) is 14.4 Å². The maximum atomic E-state index is 12.8. The average Bonchev–Trinajstić information content (AvgIpc) is 3.27. The summed E-state index contributed by atoms with van der Waals surface area (Å²) in [6.07, 6.45) is 61.1. The average molecular weight is 869 g/mol.